The number of nitrogens with two attached hydrogens (primary N) is 1. The number of imidazole rings is 1. The number of aromatic nitrogens is 4. The van der Waals surface area contributed by atoms with Gasteiger partial charge in [0.15, 0.2) is 0 Å². The molecule has 1 saturated heterocycles. The molecule has 0 aliphatic carbocycles. The second-order valence-corrected chi connectivity index (χ2v) is 7.14. The van der Waals surface area contributed by atoms with Crippen molar-refractivity contribution in [3.8, 4) is 0 Å². The first-order valence-electron chi connectivity index (χ1n) is 8.60. The topological polar surface area (TPSA) is 89.9 Å². The molecule has 1 atom stereocenters. The van der Waals surface area contributed by atoms with Gasteiger partial charge < -0.3 is 15.2 Å². The molecule has 134 valence electrons. The zero-order valence-electron chi connectivity index (χ0n) is 14.3. The normalized spacial score (nSPS) is 17.4. The average Bonchev–Trinajstić information content (AvgIpc) is 3.34. The van der Waals surface area contributed by atoms with Gasteiger partial charge in [0.1, 0.15) is 11.6 Å². The zero-order chi connectivity index (χ0) is 17.9. The van der Waals surface area contributed by atoms with E-state index in [1.807, 2.05) is 17.9 Å². The number of carbonyl (C=O) groups excluding carboxylic acids is 1. The molecule has 0 bridgehead atoms. The fourth-order valence-corrected chi connectivity index (χ4v) is 4.08. The number of hydrogen-bond acceptors (Lipinski definition) is 6. The summed E-state index contributed by atoms with van der Waals surface area (Å²) in [4.78, 5) is 27.3. The number of anilines is 1. The van der Waals surface area contributed by atoms with Crippen LogP contribution in [0.4, 0.5) is 5.82 Å². The lowest BCUT2D eigenvalue weighted by Crippen LogP contribution is -2.37. The summed E-state index contributed by atoms with van der Waals surface area (Å²) < 4.78 is 2.16. The summed E-state index contributed by atoms with van der Waals surface area (Å²) >= 11 is 1.60. The Labute approximate surface area is 155 Å². The molecule has 4 heterocycles. The maximum Gasteiger partial charge on any atom is 0.252 e. The Morgan fingerprint density at radius 2 is 2.23 bits per heavy atom. The first kappa shape index (κ1) is 16.7. The SMILES string of the molecule is NC(=O)c1cccnc1N1CCC[C@@H](c2nccn2Cc2cscn2)C1. The quantitative estimate of drug-likeness (QED) is 0.746. The number of nitrogens with zero attached hydrogens (tertiary/aromatic N) is 5. The Bertz CT molecular complexity index is 891. The second-order valence-electron chi connectivity index (χ2n) is 6.42. The summed E-state index contributed by atoms with van der Waals surface area (Å²) in [5.74, 6) is 1.56. The summed E-state index contributed by atoms with van der Waals surface area (Å²) in [5, 5.41) is 2.06. The van der Waals surface area contributed by atoms with E-state index in [1.165, 1.54) is 0 Å². The third-order valence-electron chi connectivity index (χ3n) is 4.70. The Balaban J connectivity index is 1.57. The molecule has 7 nitrogen and oxygen atoms in total. The van der Waals surface area contributed by atoms with Crippen molar-refractivity contribution in [3.63, 3.8) is 0 Å². The minimum Gasteiger partial charge on any atom is -0.365 e. The summed E-state index contributed by atoms with van der Waals surface area (Å²) in [6.45, 7) is 2.36. The van der Waals surface area contributed by atoms with Crippen molar-refractivity contribution in [2.45, 2.75) is 25.3 Å². The van der Waals surface area contributed by atoms with Crippen LogP contribution in [0.5, 0.6) is 0 Å². The van der Waals surface area contributed by atoms with E-state index in [0.29, 0.717) is 11.4 Å². The van der Waals surface area contributed by atoms with Crippen LogP contribution in [0.3, 0.4) is 0 Å². The van der Waals surface area contributed by atoms with Crippen LogP contribution in [0, 0.1) is 0 Å². The van der Waals surface area contributed by atoms with Gasteiger partial charge in [0.05, 0.1) is 23.3 Å². The molecule has 4 rings (SSSR count). The van der Waals surface area contributed by atoms with Crippen molar-refractivity contribution in [3.05, 3.63) is 58.7 Å². The number of rotatable bonds is 5. The van der Waals surface area contributed by atoms with Crippen molar-refractivity contribution in [2.75, 3.05) is 18.0 Å². The van der Waals surface area contributed by atoms with E-state index >= 15 is 0 Å². The molecule has 1 aliphatic rings. The Morgan fingerprint density at radius 3 is 3.04 bits per heavy atom. The van der Waals surface area contributed by atoms with Gasteiger partial charge >= 0.3 is 0 Å². The number of thiazole rings is 1. The van der Waals surface area contributed by atoms with E-state index < -0.39 is 5.91 Å². The molecule has 3 aromatic heterocycles. The van der Waals surface area contributed by atoms with Gasteiger partial charge in [-0.3, -0.25) is 4.79 Å². The van der Waals surface area contributed by atoms with Crippen LogP contribution < -0.4 is 10.6 Å². The van der Waals surface area contributed by atoms with E-state index in [4.69, 9.17) is 5.73 Å². The minimum atomic E-state index is -0.444. The molecule has 3 aromatic rings. The van der Waals surface area contributed by atoms with Gasteiger partial charge in [-0.15, -0.1) is 11.3 Å². The number of pyridine rings is 1. The van der Waals surface area contributed by atoms with Gasteiger partial charge in [-0.25, -0.2) is 15.0 Å². The van der Waals surface area contributed by atoms with E-state index in [-0.39, 0.29) is 5.92 Å². The molecular weight excluding hydrogens is 348 g/mol. The molecule has 2 N–H and O–H groups in total. The van der Waals surface area contributed by atoms with E-state index in [9.17, 15) is 4.79 Å². The maximum absolute atomic E-state index is 11.7. The standard InChI is InChI=1S/C18H20N6OS/c19-16(25)15-4-1-5-20-18(15)23-7-2-3-13(9-23)17-21-6-8-24(17)10-14-11-26-12-22-14/h1,4-6,8,11-13H,2-3,7,9-10H2,(H2,19,25)/t13-/m1/s1. The van der Waals surface area contributed by atoms with Crippen molar-refractivity contribution < 1.29 is 4.79 Å². The minimum absolute atomic E-state index is 0.278. The lowest BCUT2D eigenvalue weighted by atomic mass is 9.96. The van der Waals surface area contributed by atoms with Gasteiger partial charge in [0.25, 0.3) is 5.91 Å². The van der Waals surface area contributed by atoms with Gasteiger partial charge in [-0.2, -0.15) is 0 Å². The van der Waals surface area contributed by atoms with Crippen LogP contribution in [-0.4, -0.2) is 38.5 Å². The highest BCUT2D eigenvalue weighted by molar-refractivity contribution is 7.07. The predicted octanol–water partition coefficient (Wildman–Crippen LogP) is 2.27. The van der Waals surface area contributed by atoms with E-state index in [1.54, 1.807) is 29.7 Å². The Kier molecular flexibility index (Phi) is 4.66. The van der Waals surface area contributed by atoms with Crippen LogP contribution in [0.15, 0.2) is 41.6 Å². The van der Waals surface area contributed by atoms with Crippen LogP contribution in [0.25, 0.3) is 0 Å². The van der Waals surface area contributed by atoms with E-state index in [0.717, 1.165) is 44.0 Å². The third-order valence-corrected chi connectivity index (χ3v) is 5.34. The van der Waals surface area contributed by atoms with E-state index in [2.05, 4.69) is 29.8 Å². The van der Waals surface area contributed by atoms with Crippen molar-refractivity contribution >= 4 is 23.1 Å². The lowest BCUT2D eigenvalue weighted by molar-refractivity contribution is 0.100. The van der Waals surface area contributed by atoms with Crippen molar-refractivity contribution in [1.29, 1.82) is 0 Å². The summed E-state index contributed by atoms with van der Waals surface area (Å²) in [5.41, 5.74) is 8.89. The number of hydrogen-bond donors (Lipinski definition) is 1. The summed E-state index contributed by atoms with van der Waals surface area (Å²) in [6.07, 6.45) is 7.63. The van der Waals surface area contributed by atoms with Gasteiger partial charge in [-0.1, -0.05) is 0 Å². The molecule has 0 spiro atoms. The van der Waals surface area contributed by atoms with Crippen molar-refractivity contribution in [2.24, 2.45) is 5.73 Å². The monoisotopic (exact) mass is 368 g/mol. The maximum atomic E-state index is 11.7. The molecular formula is C18H20N6OS. The Morgan fingerprint density at radius 1 is 1.31 bits per heavy atom. The molecule has 1 amide bonds. The van der Waals surface area contributed by atoms with Crippen molar-refractivity contribution in [1.82, 2.24) is 19.5 Å². The van der Waals surface area contributed by atoms with Crippen LogP contribution in [0.2, 0.25) is 0 Å². The molecule has 0 saturated carbocycles. The highest BCUT2D eigenvalue weighted by atomic mass is 32.1. The van der Waals surface area contributed by atoms with Crippen LogP contribution >= 0.6 is 11.3 Å². The number of piperidine rings is 1. The predicted molar refractivity (Wildman–Crippen MR) is 100 cm³/mol. The van der Waals surface area contributed by atoms with Crippen LogP contribution in [-0.2, 0) is 6.54 Å². The first-order chi connectivity index (χ1) is 12.7. The largest absolute Gasteiger partial charge is 0.365 e. The second kappa shape index (κ2) is 7.25. The third kappa shape index (κ3) is 3.32. The molecule has 1 fully saturated rings. The molecule has 0 aromatic carbocycles. The number of amides is 1. The average molecular weight is 368 g/mol. The van der Waals surface area contributed by atoms with Gasteiger partial charge in [0, 0.05) is 43.0 Å². The van der Waals surface area contributed by atoms with Gasteiger partial charge in [-0.05, 0) is 25.0 Å². The smallest absolute Gasteiger partial charge is 0.252 e. The fraction of sp³-hybridized carbons (Fsp3) is 0.333. The Hall–Kier alpha value is -2.74. The first-order valence-corrected chi connectivity index (χ1v) is 9.54. The summed E-state index contributed by atoms with van der Waals surface area (Å²) in [6, 6.07) is 3.48. The van der Waals surface area contributed by atoms with Crippen LogP contribution in [0.1, 0.15) is 40.6 Å². The highest BCUT2D eigenvalue weighted by Crippen LogP contribution is 2.30. The molecule has 0 radical (unpaired) electrons. The molecule has 0 unspecified atom stereocenters. The fourth-order valence-electron chi connectivity index (χ4n) is 3.53. The zero-order valence-corrected chi connectivity index (χ0v) is 15.1. The molecule has 1 aliphatic heterocycles. The molecule has 8 heteroatoms. The highest BCUT2D eigenvalue weighted by Gasteiger charge is 2.27. The molecule has 26 heavy (non-hydrogen) atoms. The lowest BCUT2D eigenvalue weighted by Gasteiger charge is -2.34. The number of carbonyl (C=O) groups is 1. The van der Waals surface area contributed by atoms with Gasteiger partial charge in [0.2, 0.25) is 0 Å². The summed E-state index contributed by atoms with van der Waals surface area (Å²) in [7, 11) is 0. The number of primary amides is 1.